The van der Waals surface area contributed by atoms with E-state index < -0.39 is 17.8 Å². The van der Waals surface area contributed by atoms with Gasteiger partial charge >= 0.3 is 6.18 Å². The van der Waals surface area contributed by atoms with Gasteiger partial charge in [0.1, 0.15) is 6.04 Å². The highest BCUT2D eigenvalue weighted by Crippen LogP contribution is 2.29. The average molecular weight is 296 g/mol. The summed E-state index contributed by atoms with van der Waals surface area (Å²) in [4.78, 5) is 12.3. The predicted molar refractivity (Wildman–Crippen MR) is 72.2 cm³/mol. The molecule has 0 aliphatic carbocycles. The van der Waals surface area contributed by atoms with E-state index in [0.717, 1.165) is 28.2 Å². The zero-order valence-corrected chi connectivity index (χ0v) is 11.9. The number of rotatable bonds is 3. The Morgan fingerprint density at radius 1 is 1.24 bits per heavy atom. The predicted octanol–water partition coefficient (Wildman–Crippen LogP) is 3.96. The monoisotopic (exact) mass is 296 g/mol. The summed E-state index contributed by atoms with van der Waals surface area (Å²) in [7, 11) is 0. The molecule has 3 nitrogen and oxygen atoms in total. The van der Waals surface area contributed by atoms with Gasteiger partial charge in [-0.3, -0.25) is 9.48 Å². The molecule has 1 aromatic carbocycles. The van der Waals surface area contributed by atoms with Gasteiger partial charge in [0.25, 0.3) is 0 Å². The smallest absolute Gasteiger partial charge is 0.292 e. The van der Waals surface area contributed by atoms with Crippen molar-refractivity contribution in [2.24, 2.45) is 0 Å². The molecule has 2 rings (SSSR count). The van der Waals surface area contributed by atoms with Crippen molar-refractivity contribution in [3.05, 3.63) is 52.8 Å². The molecule has 1 atom stereocenters. The summed E-state index contributed by atoms with van der Waals surface area (Å²) in [6.45, 7) is 5.34. The van der Waals surface area contributed by atoms with Crippen LogP contribution in [0.15, 0.2) is 30.6 Å². The molecule has 0 aliphatic rings. The van der Waals surface area contributed by atoms with Crippen molar-refractivity contribution < 1.29 is 18.0 Å². The Bertz CT molecular complexity index is 674. The first-order valence-corrected chi connectivity index (χ1v) is 6.43. The molecule has 1 heterocycles. The van der Waals surface area contributed by atoms with Crippen LogP contribution in [0.3, 0.4) is 0 Å². The lowest BCUT2D eigenvalue weighted by molar-refractivity contribution is -0.137. The highest BCUT2D eigenvalue weighted by molar-refractivity contribution is 5.98. The number of alkyl halides is 3. The third-order valence-electron chi connectivity index (χ3n) is 3.50. The zero-order chi connectivity index (χ0) is 15.8. The van der Waals surface area contributed by atoms with Crippen LogP contribution in [0.4, 0.5) is 13.2 Å². The van der Waals surface area contributed by atoms with Gasteiger partial charge in [-0.25, -0.2) is 0 Å². The quantitative estimate of drug-likeness (QED) is 0.803. The van der Waals surface area contributed by atoms with Crippen molar-refractivity contribution in [2.75, 3.05) is 0 Å². The maximum Gasteiger partial charge on any atom is 0.419 e. The van der Waals surface area contributed by atoms with Gasteiger partial charge in [0.15, 0.2) is 5.78 Å². The first-order chi connectivity index (χ1) is 9.70. The molecule has 6 heteroatoms. The Kier molecular flexibility index (Phi) is 3.89. The van der Waals surface area contributed by atoms with Gasteiger partial charge in [0.2, 0.25) is 0 Å². The summed E-state index contributed by atoms with van der Waals surface area (Å²) < 4.78 is 38.7. The maximum atomic E-state index is 12.5. The van der Waals surface area contributed by atoms with Gasteiger partial charge in [-0.15, -0.1) is 0 Å². The Balaban J connectivity index is 2.26. The molecule has 0 fully saturated rings. The normalized spacial score (nSPS) is 13.2. The molecule has 0 radical (unpaired) electrons. The fourth-order valence-corrected chi connectivity index (χ4v) is 1.95. The number of nitrogens with zero attached hydrogens (tertiary/aromatic N) is 2. The number of aromatic nitrogens is 2. The van der Waals surface area contributed by atoms with Crippen LogP contribution in [0, 0.1) is 13.8 Å². The van der Waals surface area contributed by atoms with E-state index in [-0.39, 0.29) is 5.78 Å². The number of carbonyl (C=O) groups is 1. The minimum Gasteiger partial charge on any atom is -0.292 e. The number of hydrogen-bond donors (Lipinski definition) is 0. The largest absolute Gasteiger partial charge is 0.419 e. The van der Waals surface area contributed by atoms with Crippen molar-refractivity contribution in [1.82, 2.24) is 9.78 Å². The van der Waals surface area contributed by atoms with Gasteiger partial charge in [0.05, 0.1) is 11.8 Å². The van der Waals surface area contributed by atoms with E-state index in [9.17, 15) is 18.0 Å². The molecule has 0 bridgehead atoms. The topological polar surface area (TPSA) is 34.9 Å². The maximum absolute atomic E-state index is 12.5. The van der Waals surface area contributed by atoms with Crippen molar-refractivity contribution >= 4 is 5.78 Å². The summed E-state index contributed by atoms with van der Waals surface area (Å²) in [6.07, 6.45) is -2.88. The third kappa shape index (κ3) is 3.15. The number of Topliss-reactive ketones (excluding diaryl/α,β-unsaturated/α-hetero) is 1. The van der Waals surface area contributed by atoms with Gasteiger partial charge < -0.3 is 0 Å². The van der Waals surface area contributed by atoms with E-state index in [1.807, 2.05) is 19.9 Å². The molecule has 2 aromatic rings. The van der Waals surface area contributed by atoms with Crippen molar-refractivity contribution in [2.45, 2.75) is 33.0 Å². The molecule has 112 valence electrons. The number of halogens is 3. The molecule has 1 aromatic heterocycles. The van der Waals surface area contributed by atoms with Gasteiger partial charge in [0, 0.05) is 11.8 Å². The number of aryl methyl sites for hydroxylation is 2. The highest BCUT2D eigenvalue weighted by atomic mass is 19.4. The Morgan fingerprint density at radius 3 is 2.43 bits per heavy atom. The standard InChI is InChI=1S/C15H15F3N2O/c1-9-4-5-12(6-10(9)2)14(21)11(3)20-8-13(7-19-20)15(16,17)18/h4-8,11H,1-3H3. The third-order valence-corrected chi connectivity index (χ3v) is 3.50. The number of carbonyl (C=O) groups excluding carboxylic acids is 1. The molecular formula is C15H15F3N2O. The Morgan fingerprint density at radius 2 is 1.90 bits per heavy atom. The minimum absolute atomic E-state index is 0.269. The average Bonchev–Trinajstić information content (AvgIpc) is 2.90. The van der Waals surface area contributed by atoms with Gasteiger partial charge in [-0.2, -0.15) is 18.3 Å². The van der Waals surface area contributed by atoms with Crippen LogP contribution >= 0.6 is 0 Å². The van der Waals surface area contributed by atoms with Crippen molar-refractivity contribution in [3.8, 4) is 0 Å². The minimum atomic E-state index is -4.46. The molecular weight excluding hydrogens is 281 g/mol. The molecule has 0 aliphatic heterocycles. The van der Waals surface area contributed by atoms with Crippen LogP contribution in [-0.2, 0) is 6.18 Å². The van der Waals surface area contributed by atoms with E-state index in [2.05, 4.69) is 5.10 Å². The van der Waals surface area contributed by atoms with E-state index in [0.29, 0.717) is 5.56 Å². The molecule has 0 spiro atoms. The molecule has 0 N–H and O–H groups in total. The molecule has 0 saturated heterocycles. The fourth-order valence-electron chi connectivity index (χ4n) is 1.95. The lowest BCUT2D eigenvalue weighted by atomic mass is 10.0. The second-order valence-corrected chi connectivity index (χ2v) is 5.05. The highest BCUT2D eigenvalue weighted by Gasteiger charge is 2.33. The van der Waals surface area contributed by atoms with Crippen LogP contribution in [0.5, 0.6) is 0 Å². The Hall–Kier alpha value is -2.11. The van der Waals surface area contributed by atoms with Gasteiger partial charge in [-0.05, 0) is 38.0 Å². The molecule has 21 heavy (non-hydrogen) atoms. The number of hydrogen-bond acceptors (Lipinski definition) is 2. The van der Waals surface area contributed by atoms with Crippen LogP contribution in [-0.4, -0.2) is 15.6 Å². The van der Waals surface area contributed by atoms with E-state index in [1.54, 1.807) is 12.1 Å². The van der Waals surface area contributed by atoms with E-state index in [4.69, 9.17) is 0 Å². The van der Waals surface area contributed by atoms with Crippen LogP contribution in [0.25, 0.3) is 0 Å². The first-order valence-electron chi connectivity index (χ1n) is 6.43. The van der Waals surface area contributed by atoms with Gasteiger partial charge in [-0.1, -0.05) is 12.1 Å². The van der Waals surface area contributed by atoms with Crippen LogP contribution < -0.4 is 0 Å². The SMILES string of the molecule is Cc1ccc(C(=O)C(C)n2cc(C(F)(F)F)cn2)cc1C. The molecule has 0 amide bonds. The second-order valence-electron chi connectivity index (χ2n) is 5.05. The molecule has 1 unspecified atom stereocenters. The van der Waals surface area contributed by atoms with E-state index >= 15 is 0 Å². The van der Waals surface area contributed by atoms with Crippen LogP contribution in [0.2, 0.25) is 0 Å². The molecule has 0 saturated carbocycles. The number of ketones is 1. The first kappa shape index (κ1) is 15.3. The van der Waals surface area contributed by atoms with Crippen molar-refractivity contribution in [3.63, 3.8) is 0 Å². The van der Waals surface area contributed by atoms with Crippen molar-refractivity contribution in [1.29, 1.82) is 0 Å². The zero-order valence-electron chi connectivity index (χ0n) is 11.9. The second kappa shape index (κ2) is 5.35. The lowest BCUT2D eigenvalue weighted by Gasteiger charge is -2.12. The van der Waals surface area contributed by atoms with E-state index in [1.165, 1.54) is 6.92 Å². The lowest BCUT2D eigenvalue weighted by Crippen LogP contribution is -2.17. The summed E-state index contributed by atoms with van der Waals surface area (Å²) in [5.41, 5.74) is 1.62. The van der Waals surface area contributed by atoms with Crippen LogP contribution in [0.1, 0.15) is 40.0 Å². The summed E-state index contributed by atoms with van der Waals surface area (Å²) >= 11 is 0. The fraction of sp³-hybridized carbons (Fsp3) is 0.333. The summed E-state index contributed by atoms with van der Waals surface area (Å²) in [5.74, 6) is -0.269. The summed E-state index contributed by atoms with van der Waals surface area (Å²) in [6, 6.07) is 4.44. The number of benzene rings is 1. The summed E-state index contributed by atoms with van der Waals surface area (Å²) in [5, 5.41) is 3.64. The Labute approximate surface area is 120 Å².